The number of nitrogens with zero attached hydrogens (tertiary/aromatic N) is 2. The molecule has 2 rings (SSSR count). The Labute approximate surface area is 121 Å². The van der Waals surface area contributed by atoms with Crippen LogP contribution in [0.1, 0.15) is 32.0 Å². The highest BCUT2D eigenvalue weighted by molar-refractivity contribution is 7.91. The zero-order valence-corrected chi connectivity index (χ0v) is 12.8. The van der Waals surface area contributed by atoms with Crippen molar-refractivity contribution in [3.05, 3.63) is 41.3 Å². The average Bonchev–Trinajstić information content (AvgIpc) is 2.34. The summed E-state index contributed by atoms with van der Waals surface area (Å²) in [6, 6.07) is 6.30. The van der Waals surface area contributed by atoms with Crippen LogP contribution in [0.4, 0.5) is 4.39 Å². The number of fused-ring (bicyclic) bond motifs is 1. The molecule has 1 heterocycles. The number of halogens is 1. The van der Waals surface area contributed by atoms with E-state index in [0.717, 1.165) is 10.9 Å². The van der Waals surface area contributed by atoms with Crippen LogP contribution in [0.2, 0.25) is 0 Å². The molecule has 0 aliphatic rings. The van der Waals surface area contributed by atoms with Crippen molar-refractivity contribution in [2.24, 2.45) is 4.40 Å². The molecule has 0 saturated carbocycles. The van der Waals surface area contributed by atoms with Crippen LogP contribution < -0.4 is 0 Å². The lowest BCUT2D eigenvalue weighted by molar-refractivity contribution is 0.562. The molecule has 106 valence electrons. The number of aromatic nitrogens is 1. The Bertz CT molecular complexity index is 665. The molecular weight excluding hydrogens is 275 g/mol. The van der Waals surface area contributed by atoms with Gasteiger partial charge in [-0.3, -0.25) is 0 Å². The van der Waals surface area contributed by atoms with Gasteiger partial charge in [0.05, 0.1) is 11.2 Å². The molecule has 5 heteroatoms. The number of hydrogen-bond donors (Lipinski definition) is 0. The number of benzene rings is 1. The second-order valence-corrected chi connectivity index (χ2v) is 7.56. The van der Waals surface area contributed by atoms with Gasteiger partial charge in [-0.2, -0.15) is 0 Å². The van der Waals surface area contributed by atoms with Gasteiger partial charge >= 0.3 is 0 Å². The molecule has 3 nitrogen and oxygen atoms in total. The van der Waals surface area contributed by atoms with E-state index in [0.29, 0.717) is 11.2 Å². The predicted octanol–water partition coefficient (Wildman–Crippen LogP) is 3.56. The van der Waals surface area contributed by atoms with Crippen molar-refractivity contribution in [2.45, 2.75) is 32.4 Å². The van der Waals surface area contributed by atoms with Crippen molar-refractivity contribution >= 4 is 28.5 Å². The summed E-state index contributed by atoms with van der Waals surface area (Å²) in [5, 5.41) is 0.747. The van der Waals surface area contributed by atoms with Crippen molar-refractivity contribution in [1.29, 1.82) is 0 Å². The van der Waals surface area contributed by atoms with Crippen LogP contribution in [-0.4, -0.2) is 20.5 Å². The Morgan fingerprint density at radius 1 is 1.30 bits per heavy atom. The molecule has 1 atom stereocenters. The second kappa shape index (κ2) is 5.50. The number of aryl methyl sites for hydroxylation is 1. The quantitative estimate of drug-likeness (QED) is 0.627. The van der Waals surface area contributed by atoms with Crippen molar-refractivity contribution in [3.8, 4) is 0 Å². The van der Waals surface area contributed by atoms with Gasteiger partial charge in [-0.25, -0.2) is 9.37 Å². The summed E-state index contributed by atoms with van der Waals surface area (Å²) in [6.45, 7) is 7.47. The summed E-state index contributed by atoms with van der Waals surface area (Å²) in [7, 11) is 0. The topological polar surface area (TPSA) is 48.3 Å². The minimum Gasteiger partial charge on any atom is -0.591 e. The normalized spacial score (nSPS) is 14.1. The minimum atomic E-state index is -1.31. The monoisotopic (exact) mass is 292 g/mol. The van der Waals surface area contributed by atoms with E-state index in [1.165, 1.54) is 18.3 Å². The third-order valence-corrected chi connectivity index (χ3v) is 4.15. The van der Waals surface area contributed by atoms with E-state index >= 15 is 0 Å². The van der Waals surface area contributed by atoms with Crippen LogP contribution >= 0.6 is 0 Å². The maximum Gasteiger partial charge on any atom is 0.144 e. The zero-order chi connectivity index (χ0) is 14.9. The molecule has 0 N–H and O–H groups in total. The van der Waals surface area contributed by atoms with E-state index < -0.39 is 16.1 Å². The van der Waals surface area contributed by atoms with Crippen LogP contribution in [0.15, 0.2) is 28.7 Å². The maximum absolute atomic E-state index is 13.2. The first-order valence-electron chi connectivity index (χ1n) is 6.30. The molecule has 1 unspecified atom stereocenters. The Morgan fingerprint density at radius 3 is 2.65 bits per heavy atom. The smallest absolute Gasteiger partial charge is 0.144 e. The molecule has 0 spiro atoms. The highest BCUT2D eigenvalue weighted by Gasteiger charge is 2.25. The third-order valence-electron chi connectivity index (χ3n) is 2.80. The van der Waals surface area contributed by atoms with Gasteiger partial charge in [0.25, 0.3) is 0 Å². The van der Waals surface area contributed by atoms with Gasteiger partial charge in [-0.05, 0) is 57.5 Å². The molecular formula is C15H17FN2OS. The van der Waals surface area contributed by atoms with Crippen LogP contribution in [-0.2, 0) is 11.4 Å². The molecule has 0 aliphatic heterocycles. The molecule has 1 aromatic carbocycles. The van der Waals surface area contributed by atoms with Crippen LogP contribution in [0, 0.1) is 12.7 Å². The highest BCUT2D eigenvalue weighted by Crippen LogP contribution is 2.19. The van der Waals surface area contributed by atoms with Crippen molar-refractivity contribution in [3.63, 3.8) is 0 Å². The summed E-state index contributed by atoms with van der Waals surface area (Å²) in [5.74, 6) is -0.283. The second-order valence-electron chi connectivity index (χ2n) is 5.62. The fraction of sp³-hybridized carbons (Fsp3) is 0.333. The lowest BCUT2D eigenvalue weighted by Crippen LogP contribution is -2.25. The van der Waals surface area contributed by atoms with Gasteiger partial charge in [0.2, 0.25) is 0 Å². The zero-order valence-electron chi connectivity index (χ0n) is 12.0. The molecule has 0 amide bonds. The molecule has 2 aromatic rings. The minimum absolute atomic E-state index is 0.283. The predicted molar refractivity (Wildman–Crippen MR) is 81.9 cm³/mol. The summed E-state index contributed by atoms with van der Waals surface area (Å²) in [6.07, 6.45) is 1.53. The van der Waals surface area contributed by atoms with E-state index in [2.05, 4.69) is 9.38 Å². The first-order chi connectivity index (χ1) is 9.27. The van der Waals surface area contributed by atoms with Gasteiger partial charge in [0.15, 0.2) is 0 Å². The highest BCUT2D eigenvalue weighted by atomic mass is 32.2. The van der Waals surface area contributed by atoms with E-state index in [4.69, 9.17) is 0 Å². The molecule has 0 bridgehead atoms. The standard InChI is InChI=1S/C15H17FN2OS/c1-10-7-11-8-12(16)5-6-13(11)18-14(10)9-17-20(19)15(2,3)4/h5-9H,1-4H3/b17-9+. The van der Waals surface area contributed by atoms with E-state index in [1.807, 2.05) is 33.8 Å². The Morgan fingerprint density at radius 2 is 2.00 bits per heavy atom. The molecule has 1 aromatic heterocycles. The van der Waals surface area contributed by atoms with Crippen molar-refractivity contribution in [2.75, 3.05) is 0 Å². The van der Waals surface area contributed by atoms with Crippen LogP contribution in [0.25, 0.3) is 10.9 Å². The van der Waals surface area contributed by atoms with Gasteiger partial charge in [-0.1, -0.05) is 4.40 Å². The Balaban J connectivity index is 2.38. The first-order valence-corrected chi connectivity index (χ1v) is 7.41. The molecule has 0 saturated heterocycles. The van der Waals surface area contributed by atoms with Gasteiger partial charge in [0, 0.05) is 5.39 Å². The van der Waals surface area contributed by atoms with Crippen LogP contribution in [0.5, 0.6) is 0 Å². The van der Waals surface area contributed by atoms with Crippen LogP contribution in [0.3, 0.4) is 0 Å². The SMILES string of the molecule is Cc1cc2cc(F)ccc2nc1/C=N/[S+]([O-])C(C)(C)C. The van der Waals surface area contributed by atoms with Gasteiger partial charge in [-0.15, -0.1) is 0 Å². The molecule has 0 radical (unpaired) electrons. The Kier molecular flexibility index (Phi) is 4.11. The average molecular weight is 292 g/mol. The Hall–Kier alpha value is -1.46. The fourth-order valence-electron chi connectivity index (χ4n) is 1.65. The lowest BCUT2D eigenvalue weighted by Gasteiger charge is -2.17. The molecule has 0 aliphatic carbocycles. The summed E-state index contributed by atoms with van der Waals surface area (Å²) < 4.78 is 28.7. The number of hydrogen-bond acceptors (Lipinski definition) is 3. The van der Waals surface area contributed by atoms with E-state index in [9.17, 15) is 8.94 Å². The third kappa shape index (κ3) is 3.35. The molecule has 0 fully saturated rings. The summed E-state index contributed by atoms with van der Waals surface area (Å²) in [4.78, 5) is 4.42. The number of rotatable bonds is 2. The maximum atomic E-state index is 13.2. The summed E-state index contributed by atoms with van der Waals surface area (Å²) in [5.41, 5.74) is 2.22. The largest absolute Gasteiger partial charge is 0.591 e. The number of pyridine rings is 1. The van der Waals surface area contributed by atoms with E-state index in [1.54, 1.807) is 6.07 Å². The van der Waals surface area contributed by atoms with E-state index in [-0.39, 0.29) is 5.82 Å². The van der Waals surface area contributed by atoms with Gasteiger partial charge in [0.1, 0.15) is 28.1 Å². The molecule has 20 heavy (non-hydrogen) atoms. The van der Waals surface area contributed by atoms with Crippen molar-refractivity contribution in [1.82, 2.24) is 4.98 Å². The first kappa shape index (κ1) is 14.9. The fourth-order valence-corrected chi connectivity index (χ4v) is 2.17. The summed E-state index contributed by atoms with van der Waals surface area (Å²) >= 11 is -1.31. The van der Waals surface area contributed by atoms with Gasteiger partial charge < -0.3 is 4.55 Å². The lowest BCUT2D eigenvalue weighted by atomic mass is 10.1. The van der Waals surface area contributed by atoms with Crippen molar-refractivity contribution < 1.29 is 8.94 Å².